The van der Waals surface area contributed by atoms with E-state index in [1.54, 1.807) is 0 Å². The first-order valence-corrected chi connectivity index (χ1v) is 4.64. The van der Waals surface area contributed by atoms with Gasteiger partial charge in [0.2, 0.25) is 0 Å². The van der Waals surface area contributed by atoms with Crippen LogP contribution in [-0.4, -0.2) is 23.2 Å². The minimum absolute atomic E-state index is 0.431. The normalized spacial score (nSPS) is 16.9. The number of nitrogens with two attached hydrogens (primary N) is 1. The standard InChI is InChI=1S/C9H18N2O2/c1-9(2,3)13-8(12)11(10)6-7-4-5-7/h7H,4-6,10H2,1-3H3. The Balaban J connectivity index is 2.28. The molecule has 0 aromatic heterocycles. The zero-order valence-electron chi connectivity index (χ0n) is 8.54. The highest BCUT2D eigenvalue weighted by molar-refractivity contribution is 5.67. The summed E-state index contributed by atoms with van der Waals surface area (Å²) in [5.41, 5.74) is -0.460. The second kappa shape index (κ2) is 3.54. The largest absolute Gasteiger partial charge is 0.443 e. The molecule has 1 aliphatic rings. The molecule has 0 aromatic rings. The summed E-state index contributed by atoms with van der Waals surface area (Å²) in [6.07, 6.45) is 1.92. The van der Waals surface area contributed by atoms with Crippen LogP contribution in [0.4, 0.5) is 4.79 Å². The Bertz CT molecular complexity index is 194. The van der Waals surface area contributed by atoms with Crippen molar-refractivity contribution in [3.63, 3.8) is 0 Å². The van der Waals surface area contributed by atoms with E-state index in [2.05, 4.69) is 0 Å². The molecule has 4 nitrogen and oxygen atoms in total. The maximum absolute atomic E-state index is 11.3. The second-order valence-corrected chi connectivity index (χ2v) is 4.58. The Hall–Kier alpha value is -0.770. The maximum Gasteiger partial charge on any atom is 0.424 e. The molecular formula is C9H18N2O2. The quantitative estimate of drug-likeness (QED) is 0.404. The molecule has 1 aliphatic carbocycles. The van der Waals surface area contributed by atoms with Gasteiger partial charge in [-0.05, 0) is 39.5 Å². The van der Waals surface area contributed by atoms with Crippen LogP contribution in [0.5, 0.6) is 0 Å². The molecule has 1 amide bonds. The summed E-state index contributed by atoms with van der Waals surface area (Å²) in [5, 5.41) is 1.17. The topological polar surface area (TPSA) is 55.6 Å². The van der Waals surface area contributed by atoms with Gasteiger partial charge in [0.25, 0.3) is 0 Å². The van der Waals surface area contributed by atoms with Crippen molar-refractivity contribution in [3.8, 4) is 0 Å². The van der Waals surface area contributed by atoms with Gasteiger partial charge in [-0.1, -0.05) is 0 Å². The van der Waals surface area contributed by atoms with E-state index in [0.717, 1.165) is 0 Å². The highest BCUT2D eigenvalue weighted by Gasteiger charge is 2.27. The van der Waals surface area contributed by atoms with Crippen molar-refractivity contribution >= 4 is 6.09 Å². The van der Waals surface area contributed by atoms with Crippen LogP contribution in [0.1, 0.15) is 33.6 Å². The number of rotatable bonds is 2. The van der Waals surface area contributed by atoms with E-state index in [1.165, 1.54) is 17.9 Å². The van der Waals surface area contributed by atoms with Crippen LogP contribution in [-0.2, 0) is 4.74 Å². The SMILES string of the molecule is CC(C)(C)OC(=O)N(N)CC1CC1. The molecule has 0 spiro atoms. The Morgan fingerprint density at radius 3 is 2.46 bits per heavy atom. The molecule has 1 saturated carbocycles. The van der Waals surface area contributed by atoms with E-state index in [-0.39, 0.29) is 0 Å². The molecule has 2 N–H and O–H groups in total. The summed E-state index contributed by atoms with van der Waals surface area (Å²) in [6, 6.07) is 0. The monoisotopic (exact) mass is 186 g/mol. The lowest BCUT2D eigenvalue weighted by molar-refractivity contribution is 0.0239. The van der Waals surface area contributed by atoms with Crippen molar-refractivity contribution in [3.05, 3.63) is 0 Å². The third-order valence-electron chi connectivity index (χ3n) is 1.78. The first kappa shape index (κ1) is 10.3. The van der Waals surface area contributed by atoms with Gasteiger partial charge in [0.15, 0.2) is 0 Å². The van der Waals surface area contributed by atoms with Crippen molar-refractivity contribution in [2.75, 3.05) is 6.54 Å². The van der Waals surface area contributed by atoms with Gasteiger partial charge in [-0.25, -0.2) is 15.6 Å². The minimum atomic E-state index is -0.460. The van der Waals surface area contributed by atoms with Gasteiger partial charge in [0, 0.05) is 6.54 Å². The van der Waals surface area contributed by atoms with Crippen LogP contribution in [0.15, 0.2) is 0 Å². The van der Waals surface area contributed by atoms with Crippen LogP contribution in [0, 0.1) is 5.92 Å². The molecule has 0 heterocycles. The summed E-state index contributed by atoms with van der Waals surface area (Å²) < 4.78 is 5.09. The Kier molecular flexibility index (Phi) is 2.81. The lowest BCUT2D eigenvalue weighted by Gasteiger charge is -2.24. The van der Waals surface area contributed by atoms with Gasteiger partial charge >= 0.3 is 6.09 Å². The smallest absolute Gasteiger partial charge is 0.424 e. The fraction of sp³-hybridized carbons (Fsp3) is 0.889. The molecule has 1 rings (SSSR count). The van der Waals surface area contributed by atoms with Crippen molar-refractivity contribution < 1.29 is 9.53 Å². The fourth-order valence-corrected chi connectivity index (χ4v) is 0.974. The van der Waals surface area contributed by atoms with Crippen LogP contribution in [0.25, 0.3) is 0 Å². The van der Waals surface area contributed by atoms with Crippen molar-refractivity contribution in [2.45, 2.75) is 39.2 Å². The Morgan fingerprint density at radius 1 is 1.54 bits per heavy atom. The van der Waals surface area contributed by atoms with Crippen LogP contribution in [0.2, 0.25) is 0 Å². The number of nitrogens with zero attached hydrogens (tertiary/aromatic N) is 1. The van der Waals surface area contributed by atoms with Crippen molar-refractivity contribution in [2.24, 2.45) is 11.8 Å². The van der Waals surface area contributed by atoms with E-state index >= 15 is 0 Å². The summed E-state index contributed by atoms with van der Waals surface area (Å²) in [5.74, 6) is 6.12. The number of hydrazine groups is 1. The summed E-state index contributed by atoms with van der Waals surface area (Å²) in [6.45, 7) is 6.11. The molecule has 0 bridgehead atoms. The molecule has 13 heavy (non-hydrogen) atoms. The zero-order valence-corrected chi connectivity index (χ0v) is 8.54. The molecular weight excluding hydrogens is 168 g/mol. The zero-order chi connectivity index (χ0) is 10.1. The van der Waals surface area contributed by atoms with Gasteiger partial charge in [0.1, 0.15) is 5.60 Å². The second-order valence-electron chi connectivity index (χ2n) is 4.58. The molecule has 0 unspecified atom stereocenters. The highest BCUT2D eigenvalue weighted by Crippen LogP contribution is 2.29. The Labute approximate surface area is 79.0 Å². The number of carbonyl (C=O) groups is 1. The first-order chi connectivity index (χ1) is 5.88. The summed E-state index contributed by atoms with van der Waals surface area (Å²) in [7, 11) is 0. The van der Waals surface area contributed by atoms with Crippen LogP contribution >= 0.6 is 0 Å². The lowest BCUT2D eigenvalue weighted by atomic mass is 10.2. The van der Waals surface area contributed by atoms with E-state index in [0.29, 0.717) is 12.5 Å². The Morgan fingerprint density at radius 2 is 2.08 bits per heavy atom. The van der Waals surface area contributed by atoms with Gasteiger partial charge in [0.05, 0.1) is 0 Å². The minimum Gasteiger partial charge on any atom is -0.443 e. The van der Waals surface area contributed by atoms with Gasteiger partial charge in [-0.2, -0.15) is 0 Å². The lowest BCUT2D eigenvalue weighted by Crippen LogP contribution is -2.42. The van der Waals surface area contributed by atoms with Gasteiger partial charge < -0.3 is 4.74 Å². The van der Waals surface area contributed by atoms with E-state index in [9.17, 15) is 4.79 Å². The van der Waals surface area contributed by atoms with Crippen molar-refractivity contribution in [1.29, 1.82) is 0 Å². The molecule has 1 fully saturated rings. The first-order valence-electron chi connectivity index (χ1n) is 4.64. The van der Waals surface area contributed by atoms with E-state index in [4.69, 9.17) is 10.6 Å². The molecule has 0 atom stereocenters. The van der Waals surface area contributed by atoms with Gasteiger partial charge in [-0.15, -0.1) is 0 Å². The fourth-order valence-electron chi connectivity index (χ4n) is 0.974. The number of hydrogen-bond acceptors (Lipinski definition) is 3. The van der Waals surface area contributed by atoms with E-state index in [1.807, 2.05) is 20.8 Å². The molecule has 0 saturated heterocycles. The predicted molar refractivity (Wildman–Crippen MR) is 49.9 cm³/mol. The highest BCUT2D eigenvalue weighted by atomic mass is 16.6. The average Bonchev–Trinajstić information content (AvgIpc) is 2.67. The number of hydrogen-bond donors (Lipinski definition) is 1. The maximum atomic E-state index is 11.3. The molecule has 0 aliphatic heterocycles. The molecule has 4 heteroatoms. The van der Waals surface area contributed by atoms with Gasteiger partial charge in [-0.3, -0.25) is 0 Å². The molecule has 0 aromatic carbocycles. The van der Waals surface area contributed by atoms with Crippen LogP contribution < -0.4 is 5.84 Å². The molecule has 76 valence electrons. The predicted octanol–water partition coefficient (Wildman–Crippen LogP) is 1.51. The number of amides is 1. The van der Waals surface area contributed by atoms with E-state index < -0.39 is 11.7 Å². The number of ether oxygens (including phenoxy) is 1. The third-order valence-corrected chi connectivity index (χ3v) is 1.78. The summed E-state index contributed by atoms with van der Waals surface area (Å²) in [4.78, 5) is 11.3. The van der Waals surface area contributed by atoms with Crippen molar-refractivity contribution in [1.82, 2.24) is 5.01 Å². The third kappa shape index (κ3) is 4.12. The number of carbonyl (C=O) groups excluding carboxylic acids is 1. The average molecular weight is 186 g/mol. The van der Waals surface area contributed by atoms with Crippen LogP contribution in [0.3, 0.4) is 0 Å². The molecule has 0 radical (unpaired) electrons. The summed E-state index contributed by atoms with van der Waals surface area (Å²) >= 11 is 0.